The molecule has 7 heteroatoms. The van der Waals surface area contributed by atoms with Crippen LogP contribution in [-0.4, -0.2) is 19.7 Å². The fraction of sp³-hybridized carbons (Fsp3) is 0.375. The van der Waals surface area contributed by atoms with Gasteiger partial charge < -0.3 is 9.47 Å². The summed E-state index contributed by atoms with van der Waals surface area (Å²) in [6, 6.07) is 8.31. The lowest BCUT2D eigenvalue weighted by Gasteiger charge is -2.29. The average molecular weight is 332 g/mol. The number of carbonyl (C=O) groups excluding carboxylic acids is 1. The van der Waals surface area contributed by atoms with E-state index in [1.54, 1.807) is 19.1 Å². The fourth-order valence-corrected chi connectivity index (χ4v) is 2.37. The number of carbonyl (C=O) groups is 1. The molecule has 0 aliphatic carbocycles. The lowest BCUT2D eigenvalue weighted by molar-refractivity contribution is -0.150. The molecule has 118 valence electrons. The van der Waals surface area contributed by atoms with Crippen molar-refractivity contribution < 1.29 is 14.3 Å². The van der Waals surface area contributed by atoms with Gasteiger partial charge in [0.1, 0.15) is 22.8 Å². The van der Waals surface area contributed by atoms with E-state index in [0.717, 1.165) is 0 Å². The van der Waals surface area contributed by atoms with Crippen LogP contribution in [0.1, 0.15) is 25.0 Å². The van der Waals surface area contributed by atoms with Crippen LogP contribution < -0.4 is 4.74 Å². The topological polar surface area (TPSA) is 107 Å². The number of hydrogen-bond acceptors (Lipinski definition) is 6. The van der Waals surface area contributed by atoms with Gasteiger partial charge in [-0.15, -0.1) is 0 Å². The van der Waals surface area contributed by atoms with Crippen molar-refractivity contribution >= 4 is 17.6 Å². The summed E-state index contributed by atoms with van der Waals surface area (Å²) in [5.74, 6) is -1.87. The Morgan fingerprint density at radius 3 is 2.39 bits per heavy atom. The summed E-state index contributed by atoms with van der Waals surface area (Å²) < 4.78 is 10.1. The van der Waals surface area contributed by atoms with Gasteiger partial charge in [0.25, 0.3) is 0 Å². The van der Waals surface area contributed by atoms with Crippen LogP contribution in [0.2, 0.25) is 5.02 Å². The summed E-state index contributed by atoms with van der Waals surface area (Å²) in [5, 5.41) is 27.6. The van der Waals surface area contributed by atoms with Gasteiger partial charge in [0.15, 0.2) is 5.92 Å². The second-order valence-electron chi connectivity index (χ2n) is 4.76. The van der Waals surface area contributed by atoms with Crippen LogP contribution in [0.25, 0.3) is 0 Å². The van der Waals surface area contributed by atoms with Crippen molar-refractivity contribution in [1.82, 2.24) is 0 Å². The Morgan fingerprint density at radius 1 is 1.35 bits per heavy atom. The van der Waals surface area contributed by atoms with Crippen LogP contribution in [0.4, 0.5) is 0 Å². The van der Waals surface area contributed by atoms with Crippen molar-refractivity contribution in [3.05, 3.63) is 28.3 Å². The van der Waals surface area contributed by atoms with Crippen LogP contribution in [-0.2, 0) is 14.9 Å². The van der Waals surface area contributed by atoms with Crippen molar-refractivity contribution in [2.24, 2.45) is 5.92 Å². The standard InChI is InChI=1S/C16H14ClN3O3/c1-4-23-15(21)16(2,11(7-18)8-19)10-5-13(17)12(9-20)14(6-10)22-3/h5-6,11H,4H2,1-3H3. The number of benzene rings is 1. The Hall–Kier alpha value is -2.75. The number of esters is 1. The molecule has 0 aliphatic rings. The van der Waals surface area contributed by atoms with E-state index in [2.05, 4.69) is 0 Å². The van der Waals surface area contributed by atoms with E-state index in [1.807, 2.05) is 6.07 Å². The van der Waals surface area contributed by atoms with Crippen LogP contribution in [0, 0.1) is 39.9 Å². The van der Waals surface area contributed by atoms with E-state index in [1.165, 1.54) is 26.2 Å². The Morgan fingerprint density at radius 2 is 1.96 bits per heavy atom. The molecular weight excluding hydrogens is 318 g/mol. The SMILES string of the molecule is CCOC(=O)C(C)(c1cc(Cl)c(C#N)c(OC)c1)C(C#N)C#N. The quantitative estimate of drug-likeness (QED) is 0.768. The van der Waals surface area contributed by atoms with E-state index < -0.39 is 17.3 Å². The first-order valence-corrected chi connectivity index (χ1v) is 7.02. The molecule has 0 fully saturated rings. The Kier molecular flexibility index (Phi) is 5.96. The number of nitriles is 3. The number of halogens is 1. The van der Waals surface area contributed by atoms with Crippen molar-refractivity contribution in [2.45, 2.75) is 19.3 Å². The minimum absolute atomic E-state index is 0.0620. The number of ether oxygens (including phenoxy) is 2. The third-order valence-corrected chi connectivity index (χ3v) is 3.82. The Balaban J connectivity index is 3.67. The van der Waals surface area contributed by atoms with Gasteiger partial charge in [0, 0.05) is 0 Å². The maximum absolute atomic E-state index is 12.4. The number of nitrogens with zero attached hydrogens (tertiary/aromatic N) is 3. The molecule has 6 nitrogen and oxygen atoms in total. The predicted molar refractivity (Wildman–Crippen MR) is 81.4 cm³/mol. The minimum atomic E-state index is -1.57. The second kappa shape index (κ2) is 7.49. The van der Waals surface area contributed by atoms with Crippen LogP contribution >= 0.6 is 11.6 Å². The number of hydrogen-bond donors (Lipinski definition) is 0. The molecule has 1 unspecified atom stereocenters. The fourth-order valence-electron chi connectivity index (χ4n) is 2.12. The highest BCUT2D eigenvalue weighted by molar-refractivity contribution is 6.32. The summed E-state index contributed by atoms with van der Waals surface area (Å²) in [4.78, 5) is 12.4. The second-order valence-corrected chi connectivity index (χ2v) is 5.17. The largest absolute Gasteiger partial charge is 0.495 e. The van der Waals surface area contributed by atoms with Crippen LogP contribution in [0.3, 0.4) is 0 Å². The maximum Gasteiger partial charge on any atom is 0.318 e. The summed E-state index contributed by atoms with van der Waals surface area (Å²) >= 11 is 6.07. The van der Waals surface area contributed by atoms with Gasteiger partial charge >= 0.3 is 5.97 Å². The minimum Gasteiger partial charge on any atom is -0.495 e. The first kappa shape index (κ1) is 18.3. The lowest BCUT2D eigenvalue weighted by Crippen LogP contribution is -2.40. The monoisotopic (exact) mass is 331 g/mol. The molecule has 0 heterocycles. The van der Waals surface area contributed by atoms with Gasteiger partial charge in [-0.05, 0) is 31.5 Å². The van der Waals surface area contributed by atoms with Gasteiger partial charge in [0.2, 0.25) is 0 Å². The maximum atomic E-state index is 12.4. The molecule has 0 N–H and O–H groups in total. The zero-order chi connectivity index (χ0) is 17.6. The molecule has 0 aromatic heterocycles. The Labute approximate surface area is 139 Å². The van der Waals surface area contributed by atoms with Gasteiger partial charge in [-0.2, -0.15) is 15.8 Å². The number of rotatable bonds is 5. The lowest BCUT2D eigenvalue weighted by atomic mass is 9.72. The van der Waals surface area contributed by atoms with E-state index in [0.29, 0.717) is 0 Å². The van der Waals surface area contributed by atoms with E-state index in [4.69, 9.17) is 26.3 Å². The molecule has 0 saturated carbocycles. The first-order chi connectivity index (χ1) is 10.9. The third kappa shape index (κ3) is 3.21. The molecule has 23 heavy (non-hydrogen) atoms. The van der Waals surface area contributed by atoms with E-state index >= 15 is 0 Å². The average Bonchev–Trinajstić information content (AvgIpc) is 2.54. The summed E-state index contributed by atoms with van der Waals surface area (Å²) in [6.45, 7) is 3.15. The van der Waals surface area contributed by atoms with Crippen LogP contribution in [0.15, 0.2) is 12.1 Å². The Bertz CT molecular complexity index is 729. The molecule has 0 bridgehead atoms. The molecule has 0 amide bonds. The normalized spacial score (nSPS) is 12.4. The van der Waals surface area contributed by atoms with Crippen molar-refractivity contribution in [3.8, 4) is 24.0 Å². The molecule has 1 aromatic carbocycles. The first-order valence-electron chi connectivity index (χ1n) is 6.65. The van der Waals surface area contributed by atoms with Crippen molar-refractivity contribution in [1.29, 1.82) is 15.8 Å². The van der Waals surface area contributed by atoms with Gasteiger partial charge in [-0.25, -0.2) is 0 Å². The predicted octanol–water partition coefficient (Wildman–Crippen LogP) is 2.70. The molecule has 0 aliphatic heterocycles. The third-order valence-electron chi connectivity index (χ3n) is 3.52. The molecule has 1 rings (SSSR count). The highest BCUT2D eigenvalue weighted by Gasteiger charge is 2.46. The highest BCUT2D eigenvalue weighted by Crippen LogP contribution is 2.38. The summed E-state index contributed by atoms with van der Waals surface area (Å²) in [6.07, 6.45) is 0. The molecule has 0 spiro atoms. The van der Waals surface area contributed by atoms with Gasteiger partial charge in [-0.3, -0.25) is 4.79 Å². The molecule has 1 aromatic rings. The summed E-state index contributed by atoms with van der Waals surface area (Å²) in [5.41, 5.74) is -1.19. The van der Waals surface area contributed by atoms with Gasteiger partial charge in [-0.1, -0.05) is 11.6 Å². The molecule has 0 radical (unpaired) electrons. The molecular formula is C16H14ClN3O3. The highest BCUT2D eigenvalue weighted by atomic mass is 35.5. The van der Waals surface area contributed by atoms with Crippen molar-refractivity contribution in [2.75, 3.05) is 13.7 Å². The zero-order valence-corrected chi connectivity index (χ0v) is 13.6. The summed E-state index contributed by atoms with van der Waals surface area (Å²) in [7, 11) is 1.35. The number of methoxy groups -OCH3 is 1. The van der Waals surface area contributed by atoms with Crippen molar-refractivity contribution in [3.63, 3.8) is 0 Å². The zero-order valence-electron chi connectivity index (χ0n) is 12.9. The van der Waals surface area contributed by atoms with Crippen LogP contribution in [0.5, 0.6) is 5.75 Å². The molecule has 1 atom stereocenters. The van der Waals surface area contributed by atoms with Gasteiger partial charge in [0.05, 0.1) is 30.9 Å². The van der Waals surface area contributed by atoms with E-state index in [9.17, 15) is 15.3 Å². The molecule has 0 saturated heterocycles. The smallest absolute Gasteiger partial charge is 0.318 e. The van der Waals surface area contributed by atoms with E-state index in [-0.39, 0.29) is 28.5 Å².